The molecule has 1 aromatic heterocycles. The number of fused-ring (bicyclic) bond motifs is 1. The van der Waals surface area contributed by atoms with Crippen molar-refractivity contribution in [2.24, 2.45) is 0 Å². The lowest BCUT2D eigenvalue weighted by Crippen LogP contribution is -2.50. The van der Waals surface area contributed by atoms with Crippen LogP contribution < -0.4 is 5.32 Å². The largest absolute Gasteiger partial charge is 0.467 e. The highest BCUT2D eigenvalue weighted by molar-refractivity contribution is 7.89. The summed E-state index contributed by atoms with van der Waals surface area (Å²) in [5.41, 5.74) is 0.627. The van der Waals surface area contributed by atoms with Crippen LogP contribution >= 0.6 is 0 Å². The van der Waals surface area contributed by atoms with Crippen molar-refractivity contribution < 1.29 is 22.7 Å². The third kappa shape index (κ3) is 4.83. The van der Waals surface area contributed by atoms with Gasteiger partial charge in [0.2, 0.25) is 15.9 Å². The summed E-state index contributed by atoms with van der Waals surface area (Å²) >= 11 is 0. The van der Waals surface area contributed by atoms with Gasteiger partial charge in [0, 0.05) is 33.5 Å². The van der Waals surface area contributed by atoms with Gasteiger partial charge in [0.25, 0.3) is 0 Å². The van der Waals surface area contributed by atoms with Gasteiger partial charge in [-0.3, -0.25) is 4.79 Å². The molecule has 0 unspecified atom stereocenters. The van der Waals surface area contributed by atoms with Crippen LogP contribution in [-0.2, 0) is 42.9 Å². The minimum Gasteiger partial charge on any atom is -0.467 e. The standard InChI is InChI=1S/C24H30N4O5S/c1-6-28-20-13-12-18(34(31,32)27(3)4)16-19(20)25-21(28)14-15-22(29)26-24(2,23(30)33-5)17-10-8-7-9-11-17/h7-13,16H,6,14-15H2,1-5H3,(H,26,29)/t24-/m0/s1. The second kappa shape index (κ2) is 9.94. The molecule has 3 rings (SSSR count). The Morgan fingerprint density at radius 1 is 1.15 bits per heavy atom. The van der Waals surface area contributed by atoms with Gasteiger partial charge < -0.3 is 14.6 Å². The van der Waals surface area contributed by atoms with Gasteiger partial charge in [0.1, 0.15) is 5.82 Å². The molecule has 1 heterocycles. The second-order valence-corrected chi connectivity index (χ2v) is 10.4. The average molecular weight is 487 g/mol. The summed E-state index contributed by atoms with van der Waals surface area (Å²) in [5, 5.41) is 2.81. The molecule has 0 aliphatic rings. The average Bonchev–Trinajstić information content (AvgIpc) is 3.19. The first-order chi connectivity index (χ1) is 16.0. The Morgan fingerprint density at radius 2 is 1.82 bits per heavy atom. The maximum absolute atomic E-state index is 12.9. The molecule has 34 heavy (non-hydrogen) atoms. The molecule has 0 bridgehead atoms. The van der Waals surface area contributed by atoms with Crippen LogP contribution in [0.2, 0.25) is 0 Å². The van der Waals surface area contributed by atoms with Crippen molar-refractivity contribution in [2.45, 2.75) is 43.7 Å². The van der Waals surface area contributed by atoms with Crippen molar-refractivity contribution in [3.05, 3.63) is 59.9 Å². The molecule has 3 aromatic rings. The van der Waals surface area contributed by atoms with Crippen LogP contribution in [0.4, 0.5) is 0 Å². The predicted molar refractivity (Wildman–Crippen MR) is 129 cm³/mol. The Balaban J connectivity index is 1.84. The van der Waals surface area contributed by atoms with Gasteiger partial charge in [0.15, 0.2) is 5.54 Å². The number of imidazole rings is 1. The number of carbonyl (C=O) groups excluding carboxylic acids is 2. The van der Waals surface area contributed by atoms with Gasteiger partial charge in [-0.15, -0.1) is 0 Å². The Hall–Kier alpha value is -3.24. The van der Waals surface area contributed by atoms with E-state index in [1.54, 1.807) is 49.4 Å². The highest BCUT2D eigenvalue weighted by Crippen LogP contribution is 2.24. The maximum Gasteiger partial charge on any atom is 0.336 e. The number of amides is 1. The van der Waals surface area contributed by atoms with Gasteiger partial charge in [-0.25, -0.2) is 22.5 Å². The van der Waals surface area contributed by atoms with Crippen LogP contribution in [-0.4, -0.2) is 55.4 Å². The minimum absolute atomic E-state index is 0.0889. The van der Waals surface area contributed by atoms with E-state index in [0.717, 1.165) is 9.82 Å². The van der Waals surface area contributed by atoms with Gasteiger partial charge in [0.05, 0.1) is 23.0 Å². The van der Waals surface area contributed by atoms with Crippen LogP contribution in [0.3, 0.4) is 0 Å². The molecule has 0 radical (unpaired) electrons. The summed E-state index contributed by atoms with van der Waals surface area (Å²) in [5.74, 6) is -0.239. The Labute approximate surface area is 199 Å². The zero-order valence-electron chi connectivity index (χ0n) is 20.0. The van der Waals surface area contributed by atoms with Gasteiger partial charge >= 0.3 is 5.97 Å². The van der Waals surface area contributed by atoms with E-state index < -0.39 is 21.5 Å². The normalized spacial score (nSPS) is 13.6. The van der Waals surface area contributed by atoms with Crippen LogP contribution in [0, 0.1) is 0 Å². The fourth-order valence-corrected chi connectivity index (χ4v) is 4.78. The molecule has 0 aliphatic heterocycles. The molecular weight excluding hydrogens is 456 g/mol. The SMILES string of the molecule is CCn1c(CCC(=O)N[C@](C)(C(=O)OC)c2ccccc2)nc2cc(S(=O)(=O)N(C)C)ccc21. The van der Waals surface area contributed by atoms with Gasteiger partial charge in [-0.05, 0) is 37.6 Å². The molecule has 182 valence electrons. The fourth-order valence-electron chi connectivity index (χ4n) is 3.86. The minimum atomic E-state index is -3.59. The number of nitrogens with zero attached hydrogens (tertiary/aromatic N) is 3. The number of rotatable bonds is 9. The van der Waals surface area contributed by atoms with Crippen LogP contribution in [0.15, 0.2) is 53.4 Å². The van der Waals surface area contributed by atoms with Crippen LogP contribution in [0.25, 0.3) is 11.0 Å². The molecule has 0 saturated heterocycles. The molecule has 9 nitrogen and oxygen atoms in total. The third-order valence-corrected chi connectivity index (χ3v) is 7.61. The van der Waals surface area contributed by atoms with Crippen molar-refractivity contribution in [3.63, 3.8) is 0 Å². The number of aromatic nitrogens is 2. The van der Waals surface area contributed by atoms with Crippen LogP contribution in [0.1, 0.15) is 31.7 Å². The maximum atomic E-state index is 12.9. The summed E-state index contributed by atoms with van der Waals surface area (Å²) in [6.07, 6.45) is 0.405. The van der Waals surface area contributed by atoms with Crippen molar-refractivity contribution in [1.82, 2.24) is 19.2 Å². The number of methoxy groups -OCH3 is 1. The molecule has 1 atom stereocenters. The molecular formula is C24H30N4O5S. The Bertz CT molecular complexity index is 1300. The number of hydrogen-bond acceptors (Lipinski definition) is 6. The lowest BCUT2D eigenvalue weighted by molar-refractivity contribution is -0.150. The highest BCUT2D eigenvalue weighted by atomic mass is 32.2. The smallest absolute Gasteiger partial charge is 0.336 e. The van der Waals surface area contributed by atoms with Crippen molar-refractivity contribution in [2.75, 3.05) is 21.2 Å². The van der Waals surface area contributed by atoms with Gasteiger partial charge in [-0.1, -0.05) is 30.3 Å². The molecule has 1 amide bonds. The van der Waals surface area contributed by atoms with E-state index >= 15 is 0 Å². The quantitative estimate of drug-likeness (QED) is 0.465. The van der Waals surface area contributed by atoms with E-state index in [2.05, 4.69) is 10.3 Å². The van der Waals surface area contributed by atoms with E-state index in [4.69, 9.17) is 4.74 Å². The zero-order valence-corrected chi connectivity index (χ0v) is 20.8. The Kier molecular flexibility index (Phi) is 7.42. The van der Waals surface area contributed by atoms with Gasteiger partial charge in [-0.2, -0.15) is 0 Å². The monoisotopic (exact) mass is 486 g/mol. The highest BCUT2D eigenvalue weighted by Gasteiger charge is 2.37. The zero-order chi connectivity index (χ0) is 25.1. The number of nitrogens with one attached hydrogen (secondary N) is 1. The number of aryl methyl sites for hydroxylation is 2. The third-order valence-electron chi connectivity index (χ3n) is 5.80. The molecule has 10 heteroatoms. The second-order valence-electron chi connectivity index (χ2n) is 8.24. The lowest BCUT2D eigenvalue weighted by Gasteiger charge is -2.28. The number of hydrogen-bond donors (Lipinski definition) is 1. The molecule has 2 aromatic carbocycles. The van der Waals surface area contributed by atoms with E-state index in [1.165, 1.54) is 21.2 Å². The van der Waals surface area contributed by atoms with E-state index in [9.17, 15) is 18.0 Å². The molecule has 0 fully saturated rings. The summed E-state index contributed by atoms with van der Waals surface area (Å²) in [6.45, 7) is 4.18. The Morgan fingerprint density at radius 3 is 2.41 bits per heavy atom. The lowest BCUT2D eigenvalue weighted by atomic mass is 9.91. The van der Waals surface area contributed by atoms with E-state index in [-0.39, 0.29) is 17.2 Å². The van der Waals surface area contributed by atoms with Crippen molar-refractivity contribution in [1.29, 1.82) is 0 Å². The number of carbonyl (C=O) groups is 2. The van der Waals surface area contributed by atoms with Crippen LogP contribution in [0.5, 0.6) is 0 Å². The summed E-state index contributed by atoms with van der Waals surface area (Å²) < 4.78 is 33.0. The number of sulfonamides is 1. The molecule has 0 aliphatic carbocycles. The first-order valence-electron chi connectivity index (χ1n) is 10.9. The summed E-state index contributed by atoms with van der Waals surface area (Å²) in [4.78, 5) is 30.1. The molecule has 1 N–H and O–H groups in total. The van der Waals surface area contributed by atoms with Crippen molar-refractivity contribution >= 4 is 32.9 Å². The summed E-state index contributed by atoms with van der Waals surface area (Å²) in [7, 11) is 0.652. The molecule has 0 spiro atoms. The topological polar surface area (TPSA) is 111 Å². The predicted octanol–water partition coefficient (Wildman–Crippen LogP) is 2.44. The summed E-state index contributed by atoms with van der Waals surface area (Å²) in [6, 6.07) is 13.8. The van der Waals surface area contributed by atoms with E-state index in [1.807, 2.05) is 17.6 Å². The number of benzene rings is 2. The first kappa shape index (κ1) is 25.4. The number of ether oxygens (including phenoxy) is 1. The number of esters is 1. The van der Waals surface area contributed by atoms with E-state index in [0.29, 0.717) is 29.9 Å². The first-order valence-corrected chi connectivity index (χ1v) is 12.3. The van der Waals surface area contributed by atoms with Crippen molar-refractivity contribution in [3.8, 4) is 0 Å². The fraction of sp³-hybridized carbons (Fsp3) is 0.375. The molecule has 0 saturated carbocycles.